The van der Waals surface area contributed by atoms with Crippen molar-refractivity contribution in [2.75, 3.05) is 0 Å². The molecule has 3 rings (SSSR count). The number of aromatic nitrogens is 2. The Morgan fingerprint density at radius 2 is 1.57 bits per heavy atom. The van der Waals surface area contributed by atoms with Crippen molar-refractivity contribution < 1.29 is 8.78 Å². The van der Waals surface area contributed by atoms with Crippen LogP contribution in [-0.2, 0) is 6.42 Å². The summed E-state index contributed by atoms with van der Waals surface area (Å²) >= 11 is 0. The van der Waals surface area contributed by atoms with E-state index in [9.17, 15) is 8.78 Å². The molecule has 0 spiro atoms. The second-order valence-corrected chi connectivity index (χ2v) is 4.65. The summed E-state index contributed by atoms with van der Waals surface area (Å²) in [5, 5.41) is 0. The molecule has 0 unspecified atom stereocenters. The third-order valence-corrected chi connectivity index (χ3v) is 3.13. The zero-order valence-electron chi connectivity index (χ0n) is 11.1. The highest BCUT2D eigenvalue weighted by Gasteiger charge is 2.09. The van der Waals surface area contributed by atoms with Crippen molar-refractivity contribution in [3.8, 4) is 11.3 Å². The summed E-state index contributed by atoms with van der Waals surface area (Å²) in [6.45, 7) is 0. The van der Waals surface area contributed by atoms with E-state index in [2.05, 4.69) is 9.97 Å². The lowest BCUT2D eigenvalue weighted by Crippen LogP contribution is -1.97. The molecule has 0 fully saturated rings. The van der Waals surface area contributed by atoms with E-state index >= 15 is 0 Å². The molecule has 2 nitrogen and oxygen atoms in total. The Hall–Kier alpha value is -2.62. The SMILES string of the molecule is Fc1ccc(-c2cccc(Cc3ccccc3)n2)c(F)n1. The monoisotopic (exact) mass is 282 g/mol. The molecule has 0 bridgehead atoms. The van der Waals surface area contributed by atoms with Crippen LogP contribution in [0.2, 0.25) is 0 Å². The molecule has 1 aromatic carbocycles. The number of rotatable bonds is 3. The minimum absolute atomic E-state index is 0.200. The van der Waals surface area contributed by atoms with Crippen LogP contribution in [0.15, 0.2) is 60.7 Å². The van der Waals surface area contributed by atoms with Crippen molar-refractivity contribution in [1.82, 2.24) is 9.97 Å². The van der Waals surface area contributed by atoms with Crippen LogP contribution in [0, 0.1) is 11.9 Å². The Morgan fingerprint density at radius 1 is 0.762 bits per heavy atom. The van der Waals surface area contributed by atoms with Crippen molar-refractivity contribution in [3.63, 3.8) is 0 Å². The summed E-state index contributed by atoms with van der Waals surface area (Å²) in [5.74, 6) is -1.68. The highest BCUT2D eigenvalue weighted by Crippen LogP contribution is 2.20. The first kappa shape index (κ1) is 13.4. The van der Waals surface area contributed by atoms with Crippen molar-refractivity contribution >= 4 is 0 Å². The third kappa shape index (κ3) is 3.11. The van der Waals surface area contributed by atoms with Gasteiger partial charge in [0.2, 0.25) is 11.9 Å². The van der Waals surface area contributed by atoms with E-state index < -0.39 is 11.9 Å². The van der Waals surface area contributed by atoms with E-state index in [0.29, 0.717) is 12.1 Å². The van der Waals surface area contributed by atoms with Gasteiger partial charge in [-0.15, -0.1) is 0 Å². The summed E-state index contributed by atoms with van der Waals surface area (Å²) in [7, 11) is 0. The minimum atomic E-state index is -0.848. The van der Waals surface area contributed by atoms with E-state index in [1.807, 2.05) is 42.5 Å². The predicted octanol–water partition coefficient (Wildman–Crippen LogP) is 4.01. The highest BCUT2D eigenvalue weighted by molar-refractivity contribution is 5.58. The minimum Gasteiger partial charge on any atom is -0.252 e. The summed E-state index contributed by atoms with van der Waals surface area (Å²) in [6, 6.07) is 17.7. The molecule has 0 saturated carbocycles. The summed E-state index contributed by atoms with van der Waals surface area (Å²) < 4.78 is 26.6. The largest absolute Gasteiger partial charge is 0.252 e. The number of benzene rings is 1. The zero-order chi connectivity index (χ0) is 14.7. The molecule has 0 N–H and O–H groups in total. The quantitative estimate of drug-likeness (QED) is 0.678. The summed E-state index contributed by atoms with van der Waals surface area (Å²) in [4.78, 5) is 7.62. The number of pyridine rings is 2. The van der Waals surface area contributed by atoms with E-state index in [-0.39, 0.29) is 5.56 Å². The van der Waals surface area contributed by atoms with Gasteiger partial charge in [0.05, 0.1) is 11.3 Å². The van der Waals surface area contributed by atoms with Gasteiger partial charge in [0.25, 0.3) is 0 Å². The van der Waals surface area contributed by atoms with E-state index in [0.717, 1.165) is 17.3 Å². The van der Waals surface area contributed by atoms with E-state index in [1.54, 1.807) is 6.07 Å². The smallest absolute Gasteiger partial charge is 0.224 e. The summed E-state index contributed by atoms with van der Waals surface area (Å²) in [6.07, 6.45) is 0.658. The molecule has 0 aliphatic rings. The van der Waals surface area contributed by atoms with E-state index in [1.165, 1.54) is 6.07 Å². The Balaban J connectivity index is 1.93. The van der Waals surface area contributed by atoms with Gasteiger partial charge < -0.3 is 0 Å². The van der Waals surface area contributed by atoms with Crippen LogP contribution in [0.1, 0.15) is 11.3 Å². The summed E-state index contributed by atoms with van der Waals surface area (Å²) in [5.41, 5.74) is 2.60. The lowest BCUT2D eigenvalue weighted by atomic mass is 10.1. The van der Waals surface area contributed by atoms with Crippen LogP contribution in [0.5, 0.6) is 0 Å². The Morgan fingerprint density at radius 3 is 2.33 bits per heavy atom. The molecule has 4 heteroatoms. The zero-order valence-corrected chi connectivity index (χ0v) is 11.1. The molecule has 21 heavy (non-hydrogen) atoms. The Bertz CT molecular complexity index is 758. The van der Waals surface area contributed by atoms with Crippen molar-refractivity contribution in [2.24, 2.45) is 0 Å². The molecule has 0 atom stereocenters. The van der Waals surface area contributed by atoms with Gasteiger partial charge in [-0.05, 0) is 29.8 Å². The Kier molecular flexibility index (Phi) is 3.69. The predicted molar refractivity (Wildman–Crippen MR) is 76.6 cm³/mol. The van der Waals surface area contributed by atoms with Crippen LogP contribution >= 0.6 is 0 Å². The maximum absolute atomic E-state index is 13.7. The Labute approximate surface area is 121 Å². The fourth-order valence-electron chi connectivity index (χ4n) is 2.14. The first-order chi connectivity index (χ1) is 10.2. The molecule has 0 aliphatic heterocycles. The van der Waals surface area contributed by atoms with Gasteiger partial charge in [-0.2, -0.15) is 13.8 Å². The highest BCUT2D eigenvalue weighted by atomic mass is 19.1. The molecule has 0 amide bonds. The van der Waals surface area contributed by atoms with Gasteiger partial charge in [0.15, 0.2) is 0 Å². The van der Waals surface area contributed by atoms with Gasteiger partial charge in [-0.3, -0.25) is 4.98 Å². The van der Waals surface area contributed by atoms with Gasteiger partial charge in [0, 0.05) is 12.1 Å². The molecule has 0 aliphatic carbocycles. The molecule has 0 saturated heterocycles. The maximum Gasteiger partial charge on any atom is 0.224 e. The van der Waals surface area contributed by atoms with E-state index in [4.69, 9.17) is 0 Å². The maximum atomic E-state index is 13.7. The van der Waals surface area contributed by atoms with Crippen LogP contribution in [0.25, 0.3) is 11.3 Å². The molecule has 104 valence electrons. The van der Waals surface area contributed by atoms with Gasteiger partial charge >= 0.3 is 0 Å². The van der Waals surface area contributed by atoms with Gasteiger partial charge in [-0.1, -0.05) is 36.4 Å². The molecule has 0 radical (unpaired) electrons. The van der Waals surface area contributed by atoms with Gasteiger partial charge in [0.1, 0.15) is 0 Å². The number of halogens is 2. The number of nitrogens with zero attached hydrogens (tertiary/aromatic N) is 2. The molecular weight excluding hydrogens is 270 g/mol. The lowest BCUT2D eigenvalue weighted by Gasteiger charge is -2.05. The van der Waals surface area contributed by atoms with Crippen molar-refractivity contribution in [3.05, 3.63) is 83.8 Å². The lowest BCUT2D eigenvalue weighted by molar-refractivity contribution is 0.515. The fourth-order valence-corrected chi connectivity index (χ4v) is 2.14. The second-order valence-electron chi connectivity index (χ2n) is 4.65. The van der Waals surface area contributed by atoms with Crippen molar-refractivity contribution in [2.45, 2.75) is 6.42 Å². The third-order valence-electron chi connectivity index (χ3n) is 3.13. The molecular formula is C17H12F2N2. The number of hydrogen-bond donors (Lipinski definition) is 0. The molecule has 2 aromatic heterocycles. The topological polar surface area (TPSA) is 25.8 Å². The van der Waals surface area contributed by atoms with Crippen molar-refractivity contribution in [1.29, 1.82) is 0 Å². The van der Waals surface area contributed by atoms with Crippen LogP contribution in [-0.4, -0.2) is 9.97 Å². The molecule has 2 heterocycles. The number of hydrogen-bond acceptors (Lipinski definition) is 2. The standard InChI is InChI=1S/C17H12F2N2/c18-16-10-9-14(17(19)21-16)15-8-4-7-13(20-15)11-12-5-2-1-3-6-12/h1-10H,11H2. The average molecular weight is 282 g/mol. The fraction of sp³-hybridized carbons (Fsp3) is 0.0588. The van der Waals surface area contributed by atoms with Crippen LogP contribution < -0.4 is 0 Å². The first-order valence-corrected chi connectivity index (χ1v) is 6.54. The van der Waals surface area contributed by atoms with Gasteiger partial charge in [-0.25, -0.2) is 0 Å². The average Bonchev–Trinajstić information content (AvgIpc) is 2.48. The second kappa shape index (κ2) is 5.79. The first-order valence-electron chi connectivity index (χ1n) is 6.54. The van der Waals surface area contributed by atoms with Crippen LogP contribution in [0.4, 0.5) is 8.78 Å². The van der Waals surface area contributed by atoms with Crippen LogP contribution in [0.3, 0.4) is 0 Å². The normalized spacial score (nSPS) is 10.6. The molecule has 3 aromatic rings.